The summed E-state index contributed by atoms with van der Waals surface area (Å²) in [5.41, 5.74) is 0. The first-order valence-electron chi connectivity index (χ1n) is 12.7. The molecule has 1 aliphatic heterocycles. The van der Waals surface area contributed by atoms with Crippen molar-refractivity contribution in [3.8, 4) is 0 Å². The molecule has 1 saturated carbocycles. The number of likely N-dealkylation sites (tertiary alicyclic amines) is 1. The maximum Gasteiger partial charge on any atom is 0.328 e. The number of hydrogen-bond acceptors (Lipinski definition) is 3. The van der Waals surface area contributed by atoms with Gasteiger partial charge in [-0.1, -0.05) is 90.4 Å². The van der Waals surface area contributed by atoms with Gasteiger partial charge < -0.3 is 9.64 Å². The Bertz CT molecular complexity index is 461. The number of unbranched alkanes of at least 4 members (excludes halogenated alkanes) is 13. The number of amides is 1. The van der Waals surface area contributed by atoms with Crippen LogP contribution < -0.4 is 0 Å². The first-order valence-corrected chi connectivity index (χ1v) is 12.7. The fourth-order valence-corrected chi connectivity index (χ4v) is 4.41. The minimum absolute atomic E-state index is 0.175. The fraction of sp³-hybridized carbons (Fsp3) is 0.920. The maximum absolute atomic E-state index is 12.3. The van der Waals surface area contributed by atoms with E-state index in [0.29, 0.717) is 6.61 Å². The van der Waals surface area contributed by atoms with Gasteiger partial charge in [0.05, 0.1) is 6.61 Å². The second-order valence-electron chi connectivity index (χ2n) is 9.23. The average Bonchev–Trinajstić information content (AvgIpc) is 3.46. The maximum atomic E-state index is 12.3. The molecule has 0 aromatic heterocycles. The monoisotopic (exact) mass is 407 g/mol. The van der Waals surface area contributed by atoms with Crippen LogP contribution in [0.1, 0.15) is 122 Å². The second kappa shape index (κ2) is 14.8. The predicted octanol–water partition coefficient (Wildman–Crippen LogP) is 6.41. The van der Waals surface area contributed by atoms with Crippen molar-refractivity contribution >= 4 is 11.9 Å². The predicted molar refractivity (Wildman–Crippen MR) is 119 cm³/mol. The molecule has 0 aromatic carbocycles. The first-order chi connectivity index (χ1) is 14.2. The second-order valence-corrected chi connectivity index (χ2v) is 9.23. The summed E-state index contributed by atoms with van der Waals surface area (Å²) in [4.78, 5) is 26.4. The molecule has 0 radical (unpaired) electrons. The molecule has 168 valence electrons. The minimum Gasteiger partial charge on any atom is -0.464 e. The Morgan fingerprint density at radius 2 is 1.28 bits per heavy atom. The van der Waals surface area contributed by atoms with E-state index >= 15 is 0 Å². The molecule has 0 spiro atoms. The number of hydrogen-bond donors (Lipinski definition) is 0. The van der Waals surface area contributed by atoms with Crippen molar-refractivity contribution in [3.05, 3.63) is 0 Å². The van der Waals surface area contributed by atoms with Crippen molar-refractivity contribution in [3.63, 3.8) is 0 Å². The average molecular weight is 408 g/mol. The number of carbonyl (C=O) groups is 2. The lowest BCUT2D eigenvalue weighted by atomic mass is 10.0. The van der Waals surface area contributed by atoms with Crippen molar-refractivity contribution in [2.45, 2.75) is 129 Å². The highest BCUT2D eigenvalue weighted by molar-refractivity contribution is 5.87. The van der Waals surface area contributed by atoms with Crippen LogP contribution in [0.15, 0.2) is 0 Å². The number of carbonyl (C=O) groups excluding carboxylic acids is 2. The van der Waals surface area contributed by atoms with E-state index in [0.717, 1.165) is 45.1 Å². The van der Waals surface area contributed by atoms with Crippen molar-refractivity contribution < 1.29 is 14.3 Å². The van der Waals surface area contributed by atoms with Gasteiger partial charge in [-0.2, -0.15) is 0 Å². The van der Waals surface area contributed by atoms with Crippen molar-refractivity contribution in [1.82, 2.24) is 4.90 Å². The fourth-order valence-electron chi connectivity index (χ4n) is 4.41. The zero-order valence-electron chi connectivity index (χ0n) is 19.0. The Morgan fingerprint density at radius 3 is 1.79 bits per heavy atom. The normalized spacial score (nSPS) is 18.9. The van der Waals surface area contributed by atoms with Crippen LogP contribution in [0.25, 0.3) is 0 Å². The van der Waals surface area contributed by atoms with Gasteiger partial charge in [0, 0.05) is 12.5 Å². The molecule has 1 unspecified atom stereocenters. The summed E-state index contributed by atoms with van der Waals surface area (Å²) in [6.45, 7) is 3.52. The molecular weight excluding hydrogens is 362 g/mol. The zero-order valence-corrected chi connectivity index (χ0v) is 19.0. The molecular formula is C25H45NO3. The van der Waals surface area contributed by atoms with Crippen molar-refractivity contribution in [1.29, 1.82) is 0 Å². The third kappa shape index (κ3) is 10.00. The van der Waals surface area contributed by atoms with Gasteiger partial charge >= 0.3 is 5.97 Å². The van der Waals surface area contributed by atoms with Gasteiger partial charge in [-0.05, 0) is 32.1 Å². The molecule has 1 saturated heterocycles. The third-order valence-corrected chi connectivity index (χ3v) is 6.48. The topological polar surface area (TPSA) is 46.6 Å². The highest BCUT2D eigenvalue weighted by Crippen LogP contribution is 2.33. The molecule has 1 amide bonds. The Hall–Kier alpha value is -1.06. The highest BCUT2D eigenvalue weighted by Gasteiger charge is 2.41. The van der Waals surface area contributed by atoms with E-state index < -0.39 is 0 Å². The standard InChI is InChI=1S/C25H45NO3/c1-2-3-4-5-6-7-8-9-10-11-12-13-14-15-21-29-25(28)23-17-16-20-26(23)24(27)22-18-19-22/h22-23H,2-21H2,1H3. The van der Waals surface area contributed by atoms with Gasteiger partial charge in [-0.25, -0.2) is 4.79 Å². The highest BCUT2D eigenvalue weighted by atomic mass is 16.5. The van der Waals surface area contributed by atoms with Crippen LogP contribution in [0, 0.1) is 5.92 Å². The van der Waals surface area contributed by atoms with E-state index in [4.69, 9.17) is 4.74 Å². The van der Waals surface area contributed by atoms with Crippen LogP contribution in [-0.4, -0.2) is 36.0 Å². The van der Waals surface area contributed by atoms with Gasteiger partial charge in [0.2, 0.25) is 5.91 Å². The van der Waals surface area contributed by atoms with Crippen LogP contribution in [0.3, 0.4) is 0 Å². The molecule has 1 aliphatic carbocycles. The molecule has 1 heterocycles. The Morgan fingerprint density at radius 1 is 0.759 bits per heavy atom. The lowest BCUT2D eigenvalue weighted by Crippen LogP contribution is -2.42. The van der Waals surface area contributed by atoms with Crippen LogP contribution in [0.2, 0.25) is 0 Å². The van der Waals surface area contributed by atoms with Gasteiger partial charge in [0.1, 0.15) is 6.04 Å². The lowest BCUT2D eigenvalue weighted by Gasteiger charge is -2.23. The van der Waals surface area contributed by atoms with Crippen LogP contribution in [0.5, 0.6) is 0 Å². The molecule has 2 rings (SSSR count). The SMILES string of the molecule is CCCCCCCCCCCCCCCCOC(=O)C1CCCN1C(=O)C1CC1. The molecule has 29 heavy (non-hydrogen) atoms. The summed E-state index contributed by atoms with van der Waals surface area (Å²) in [6.07, 6.45) is 22.3. The molecule has 4 heteroatoms. The number of rotatable bonds is 17. The minimum atomic E-state index is -0.310. The Labute approximate surface area is 179 Å². The summed E-state index contributed by atoms with van der Waals surface area (Å²) < 4.78 is 5.48. The van der Waals surface area contributed by atoms with Gasteiger partial charge in [0.25, 0.3) is 0 Å². The van der Waals surface area contributed by atoms with Gasteiger partial charge in [0.15, 0.2) is 0 Å². The Kier molecular flexibility index (Phi) is 12.4. The van der Waals surface area contributed by atoms with Crippen molar-refractivity contribution in [2.75, 3.05) is 13.2 Å². The summed E-state index contributed by atoms with van der Waals surface area (Å²) in [7, 11) is 0. The van der Waals surface area contributed by atoms with E-state index in [1.54, 1.807) is 4.90 Å². The zero-order chi connectivity index (χ0) is 20.7. The van der Waals surface area contributed by atoms with Gasteiger partial charge in [-0.3, -0.25) is 4.79 Å². The Balaban J connectivity index is 1.36. The molecule has 2 aliphatic rings. The van der Waals surface area contributed by atoms with Crippen LogP contribution >= 0.6 is 0 Å². The molecule has 4 nitrogen and oxygen atoms in total. The van der Waals surface area contributed by atoms with E-state index in [-0.39, 0.29) is 23.8 Å². The number of esters is 1. The molecule has 0 bridgehead atoms. The van der Waals surface area contributed by atoms with Crippen molar-refractivity contribution in [2.24, 2.45) is 5.92 Å². The summed E-state index contributed by atoms with van der Waals surface area (Å²) in [5.74, 6) is 0.196. The van der Waals surface area contributed by atoms with Crippen LogP contribution in [-0.2, 0) is 14.3 Å². The van der Waals surface area contributed by atoms with E-state index in [9.17, 15) is 9.59 Å². The lowest BCUT2D eigenvalue weighted by molar-refractivity contribution is -0.153. The smallest absolute Gasteiger partial charge is 0.328 e. The van der Waals surface area contributed by atoms with Gasteiger partial charge in [-0.15, -0.1) is 0 Å². The third-order valence-electron chi connectivity index (χ3n) is 6.48. The number of nitrogens with zero attached hydrogens (tertiary/aromatic N) is 1. The number of ether oxygens (including phenoxy) is 1. The summed E-state index contributed by atoms with van der Waals surface area (Å²) in [5, 5.41) is 0. The largest absolute Gasteiger partial charge is 0.464 e. The summed E-state index contributed by atoms with van der Waals surface area (Å²) in [6, 6.07) is -0.310. The molecule has 0 aromatic rings. The van der Waals surface area contributed by atoms with E-state index in [1.807, 2.05) is 0 Å². The molecule has 2 fully saturated rings. The van der Waals surface area contributed by atoms with E-state index in [2.05, 4.69) is 6.92 Å². The van der Waals surface area contributed by atoms with Crippen LogP contribution in [0.4, 0.5) is 0 Å². The quantitative estimate of drug-likeness (QED) is 0.207. The van der Waals surface area contributed by atoms with E-state index in [1.165, 1.54) is 77.0 Å². The first kappa shape index (κ1) is 24.2. The molecule has 1 atom stereocenters. The summed E-state index contributed by atoms with van der Waals surface area (Å²) >= 11 is 0. The molecule has 0 N–H and O–H groups in total.